The molecule has 1 aromatic carbocycles. The van der Waals surface area contributed by atoms with Crippen molar-refractivity contribution in [2.45, 2.75) is 6.42 Å². The molecule has 0 fully saturated rings. The van der Waals surface area contributed by atoms with Crippen molar-refractivity contribution in [2.24, 2.45) is 0 Å². The molecule has 4 nitrogen and oxygen atoms in total. The first-order valence-electron chi connectivity index (χ1n) is 4.37. The number of rotatable bonds is 3. The van der Waals surface area contributed by atoms with E-state index >= 15 is 0 Å². The van der Waals surface area contributed by atoms with Crippen molar-refractivity contribution in [3.05, 3.63) is 33.3 Å². The largest absolute Gasteiger partial charge is 0.469 e. The maximum Gasteiger partial charge on any atom is 0.309 e. The smallest absolute Gasteiger partial charge is 0.309 e. The predicted molar refractivity (Wildman–Crippen MR) is 60.0 cm³/mol. The number of halogens is 1. The second-order valence-corrected chi connectivity index (χ2v) is 3.88. The van der Waals surface area contributed by atoms with Crippen molar-refractivity contribution in [3.8, 4) is 6.07 Å². The lowest BCUT2D eigenvalue weighted by Gasteiger charge is -2.04. The topological polar surface area (TPSA) is 67.2 Å². The van der Waals surface area contributed by atoms with E-state index in [0.717, 1.165) is 0 Å². The molecule has 0 aromatic heterocycles. The lowest BCUT2D eigenvalue weighted by Crippen LogP contribution is -2.05. The second-order valence-electron chi connectivity index (χ2n) is 3.02. The minimum atomic E-state index is -0.394. The Hall–Kier alpha value is -1.67. The first-order valence-corrected chi connectivity index (χ1v) is 5.16. The van der Waals surface area contributed by atoms with Crippen LogP contribution in [-0.2, 0) is 16.0 Å². The fourth-order valence-electron chi connectivity index (χ4n) is 1.23. The summed E-state index contributed by atoms with van der Waals surface area (Å²) in [5.74, 6) is -0.394. The highest BCUT2D eigenvalue weighted by atomic mass is 79.9. The van der Waals surface area contributed by atoms with E-state index in [2.05, 4.69) is 20.7 Å². The Morgan fingerprint density at radius 3 is 2.81 bits per heavy atom. The monoisotopic (exact) mass is 281 g/mol. The van der Waals surface area contributed by atoms with Crippen LogP contribution in [0, 0.1) is 11.3 Å². The van der Waals surface area contributed by atoms with Crippen LogP contribution in [0.1, 0.15) is 21.5 Å². The minimum absolute atomic E-state index is 0.0723. The summed E-state index contributed by atoms with van der Waals surface area (Å²) in [7, 11) is 1.29. The van der Waals surface area contributed by atoms with Crippen LogP contribution in [0.2, 0.25) is 0 Å². The number of methoxy groups -OCH3 is 1. The maximum absolute atomic E-state index is 11.1. The van der Waals surface area contributed by atoms with Gasteiger partial charge >= 0.3 is 5.97 Å². The van der Waals surface area contributed by atoms with E-state index in [1.165, 1.54) is 13.2 Å². The maximum atomic E-state index is 11.1. The number of carbonyl (C=O) groups is 2. The van der Waals surface area contributed by atoms with Crippen molar-refractivity contribution in [1.82, 2.24) is 0 Å². The summed E-state index contributed by atoms with van der Waals surface area (Å²) in [5, 5.41) is 8.84. The van der Waals surface area contributed by atoms with E-state index in [-0.39, 0.29) is 17.5 Å². The van der Waals surface area contributed by atoms with Crippen molar-refractivity contribution in [3.63, 3.8) is 0 Å². The van der Waals surface area contributed by atoms with Gasteiger partial charge in [0.1, 0.15) is 0 Å². The van der Waals surface area contributed by atoms with Gasteiger partial charge in [0, 0.05) is 10.0 Å². The van der Waals surface area contributed by atoms with Gasteiger partial charge in [-0.3, -0.25) is 9.59 Å². The molecule has 0 atom stereocenters. The van der Waals surface area contributed by atoms with Crippen molar-refractivity contribution in [2.75, 3.05) is 7.11 Å². The average Bonchev–Trinajstić information content (AvgIpc) is 2.28. The Balaban J connectivity index is 3.16. The van der Waals surface area contributed by atoms with Gasteiger partial charge in [-0.2, -0.15) is 5.26 Å². The molecule has 0 aliphatic rings. The molecule has 16 heavy (non-hydrogen) atoms. The van der Waals surface area contributed by atoms with Gasteiger partial charge in [0.15, 0.2) is 6.29 Å². The average molecular weight is 282 g/mol. The number of nitrogens with zero attached hydrogens (tertiary/aromatic N) is 1. The zero-order valence-electron chi connectivity index (χ0n) is 8.49. The lowest BCUT2D eigenvalue weighted by molar-refractivity contribution is -0.139. The summed E-state index contributed by atoms with van der Waals surface area (Å²) in [6.07, 6.45) is 0.674. The number of nitriles is 1. The number of carbonyl (C=O) groups excluding carboxylic acids is 2. The first-order chi connectivity index (χ1) is 7.62. The molecule has 0 saturated carbocycles. The molecule has 5 heteroatoms. The molecule has 0 unspecified atom stereocenters. The molecule has 0 N–H and O–H groups in total. The summed E-state index contributed by atoms with van der Waals surface area (Å²) in [6, 6.07) is 5.04. The minimum Gasteiger partial charge on any atom is -0.469 e. The van der Waals surface area contributed by atoms with Gasteiger partial charge in [0.05, 0.1) is 25.2 Å². The van der Waals surface area contributed by atoms with Crippen molar-refractivity contribution in [1.29, 1.82) is 5.26 Å². The van der Waals surface area contributed by atoms with Crippen LogP contribution < -0.4 is 0 Å². The summed E-state index contributed by atoms with van der Waals surface area (Å²) in [4.78, 5) is 21.8. The predicted octanol–water partition coefficient (Wildman–Crippen LogP) is 1.85. The molecule has 0 bridgehead atoms. The van der Waals surface area contributed by atoms with Crippen LogP contribution in [0.15, 0.2) is 16.6 Å². The number of aldehydes is 1. The standard InChI is InChI=1S/C11H8BrNO3/c1-16-11(15)4-7-2-8(5-13)9(6-14)10(12)3-7/h2-3,6H,4H2,1H3. The number of ether oxygens (including phenoxy) is 1. The summed E-state index contributed by atoms with van der Waals surface area (Å²) >= 11 is 3.18. The molecular weight excluding hydrogens is 274 g/mol. The molecule has 0 heterocycles. The molecule has 1 aromatic rings. The van der Waals surface area contributed by atoms with E-state index in [1.54, 1.807) is 6.07 Å². The van der Waals surface area contributed by atoms with Gasteiger partial charge < -0.3 is 4.74 Å². The van der Waals surface area contributed by atoms with Crippen LogP contribution in [0.4, 0.5) is 0 Å². The second kappa shape index (κ2) is 5.42. The fourth-order valence-corrected chi connectivity index (χ4v) is 1.83. The molecule has 0 aliphatic carbocycles. The van der Waals surface area contributed by atoms with E-state index < -0.39 is 5.97 Å². The molecule has 0 spiro atoms. The molecule has 0 saturated heterocycles. The van der Waals surface area contributed by atoms with Gasteiger partial charge in [-0.15, -0.1) is 0 Å². The summed E-state index contributed by atoms with van der Waals surface area (Å²) in [5.41, 5.74) is 1.15. The Morgan fingerprint density at radius 2 is 2.31 bits per heavy atom. The SMILES string of the molecule is COC(=O)Cc1cc(Br)c(C=O)c(C#N)c1. The van der Waals surface area contributed by atoms with Crippen molar-refractivity contribution >= 4 is 28.2 Å². The Kier molecular flexibility index (Phi) is 4.20. The molecule has 0 radical (unpaired) electrons. The molecule has 0 aliphatic heterocycles. The number of hydrogen-bond acceptors (Lipinski definition) is 4. The zero-order chi connectivity index (χ0) is 12.1. The third-order valence-corrected chi connectivity index (χ3v) is 2.66. The van der Waals surface area contributed by atoms with Gasteiger partial charge in [0.25, 0.3) is 0 Å². The Labute approximate surface area is 101 Å². The highest BCUT2D eigenvalue weighted by Gasteiger charge is 2.10. The van der Waals surface area contributed by atoms with E-state index in [1.807, 2.05) is 6.07 Å². The van der Waals surface area contributed by atoms with Gasteiger partial charge in [-0.25, -0.2) is 0 Å². The Morgan fingerprint density at radius 1 is 1.62 bits per heavy atom. The summed E-state index contributed by atoms with van der Waals surface area (Å²) in [6.45, 7) is 0. The summed E-state index contributed by atoms with van der Waals surface area (Å²) < 4.78 is 5.02. The van der Waals surface area contributed by atoms with Crippen LogP contribution in [0.25, 0.3) is 0 Å². The van der Waals surface area contributed by atoms with Gasteiger partial charge in [-0.1, -0.05) is 15.9 Å². The molecular formula is C11H8BrNO3. The fraction of sp³-hybridized carbons (Fsp3) is 0.182. The Bertz CT molecular complexity index is 477. The van der Waals surface area contributed by atoms with E-state index in [9.17, 15) is 9.59 Å². The van der Waals surface area contributed by atoms with Gasteiger partial charge in [0.2, 0.25) is 0 Å². The van der Waals surface area contributed by atoms with Crippen LogP contribution >= 0.6 is 15.9 Å². The molecule has 0 amide bonds. The van der Waals surface area contributed by atoms with Crippen LogP contribution in [0.3, 0.4) is 0 Å². The third kappa shape index (κ3) is 2.67. The first kappa shape index (κ1) is 12.4. The van der Waals surface area contributed by atoms with Crippen molar-refractivity contribution < 1.29 is 14.3 Å². The van der Waals surface area contributed by atoms with Crippen LogP contribution in [-0.4, -0.2) is 19.4 Å². The van der Waals surface area contributed by atoms with E-state index in [4.69, 9.17) is 5.26 Å². The zero-order valence-corrected chi connectivity index (χ0v) is 10.1. The highest BCUT2D eigenvalue weighted by molar-refractivity contribution is 9.10. The van der Waals surface area contributed by atoms with Gasteiger partial charge in [-0.05, 0) is 17.7 Å². The lowest BCUT2D eigenvalue weighted by atomic mass is 10.0. The number of hydrogen-bond donors (Lipinski definition) is 0. The highest BCUT2D eigenvalue weighted by Crippen LogP contribution is 2.21. The molecule has 82 valence electrons. The van der Waals surface area contributed by atoms with Crippen LogP contribution in [0.5, 0.6) is 0 Å². The number of esters is 1. The third-order valence-electron chi connectivity index (χ3n) is 2.00. The molecule has 1 rings (SSSR count). The quantitative estimate of drug-likeness (QED) is 0.626. The number of benzene rings is 1. The van der Waals surface area contributed by atoms with E-state index in [0.29, 0.717) is 16.3 Å². The normalized spacial score (nSPS) is 9.31.